The number of rotatable bonds is 5. The maximum Gasteiger partial charge on any atom is 0.149 e. The van der Waals surface area contributed by atoms with Gasteiger partial charge < -0.3 is 10.1 Å². The highest BCUT2D eigenvalue weighted by Crippen LogP contribution is 2.25. The second-order valence-electron chi connectivity index (χ2n) is 3.43. The van der Waals surface area contributed by atoms with Crippen LogP contribution in [0.5, 0.6) is 5.75 Å². The Bertz CT molecular complexity index is 380. The number of allylic oxidation sites excluding steroid dienone is 4. The van der Waals surface area contributed by atoms with Gasteiger partial charge in [0.15, 0.2) is 0 Å². The molecule has 0 aliphatic heterocycles. The van der Waals surface area contributed by atoms with E-state index in [9.17, 15) is 0 Å². The molecule has 0 bridgehead atoms. The quantitative estimate of drug-likeness (QED) is 0.595. The van der Waals surface area contributed by atoms with E-state index in [1.807, 2.05) is 56.3 Å². The van der Waals surface area contributed by atoms with Crippen LogP contribution < -0.4 is 10.1 Å². The smallest absolute Gasteiger partial charge is 0.149 e. The van der Waals surface area contributed by atoms with Crippen molar-refractivity contribution in [1.82, 2.24) is 0 Å². The molecule has 0 saturated carbocycles. The molecule has 0 aliphatic rings. The van der Waals surface area contributed by atoms with Gasteiger partial charge in [0.1, 0.15) is 11.5 Å². The molecular formula is C14H19NO. The summed E-state index contributed by atoms with van der Waals surface area (Å²) in [6.07, 6.45) is 5.89. The number of hydrogen-bond donors (Lipinski definition) is 1. The lowest BCUT2D eigenvalue weighted by molar-refractivity contribution is 0.429. The molecule has 0 radical (unpaired) electrons. The molecule has 0 unspecified atom stereocenters. The summed E-state index contributed by atoms with van der Waals surface area (Å²) in [4.78, 5) is 0. The van der Waals surface area contributed by atoms with E-state index in [-0.39, 0.29) is 0 Å². The van der Waals surface area contributed by atoms with Crippen LogP contribution in [0.1, 0.15) is 20.8 Å². The minimum atomic E-state index is 0.864. The maximum absolute atomic E-state index is 5.75. The largest absolute Gasteiger partial charge is 0.460 e. The first-order chi connectivity index (χ1) is 7.77. The molecule has 0 fully saturated rings. The summed E-state index contributed by atoms with van der Waals surface area (Å²) in [6, 6.07) is 7.95. The van der Waals surface area contributed by atoms with Crippen molar-refractivity contribution in [3.63, 3.8) is 0 Å². The van der Waals surface area contributed by atoms with Crippen molar-refractivity contribution in [2.75, 3.05) is 11.9 Å². The third-order valence-corrected chi connectivity index (χ3v) is 2.05. The van der Waals surface area contributed by atoms with Gasteiger partial charge >= 0.3 is 0 Å². The van der Waals surface area contributed by atoms with Gasteiger partial charge in [0.05, 0.1) is 5.69 Å². The van der Waals surface area contributed by atoms with E-state index < -0.39 is 0 Å². The average molecular weight is 217 g/mol. The van der Waals surface area contributed by atoms with Gasteiger partial charge in [0.2, 0.25) is 0 Å². The fourth-order valence-corrected chi connectivity index (χ4v) is 1.33. The molecule has 16 heavy (non-hydrogen) atoms. The Balaban J connectivity index is 2.79. The van der Waals surface area contributed by atoms with Crippen LogP contribution in [0.3, 0.4) is 0 Å². The molecule has 0 saturated heterocycles. The minimum Gasteiger partial charge on any atom is -0.460 e. The lowest BCUT2D eigenvalue weighted by Crippen LogP contribution is -2.00. The third kappa shape index (κ3) is 3.81. The highest BCUT2D eigenvalue weighted by molar-refractivity contribution is 5.56. The Morgan fingerprint density at radius 3 is 2.81 bits per heavy atom. The van der Waals surface area contributed by atoms with Crippen LogP contribution in [0.2, 0.25) is 0 Å². The number of hydrogen-bond acceptors (Lipinski definition) is 2. The highest BCUT2D eigenvalue weighted by atomic mass is 16.5. The Hall–Kier alpha value is -1.70. The van der Waals surface area contributed by atoms with Gasteiger partial charge in [-0.05, 0) is 39.0 Å². The van der Waals surface area contributed by atoms with E-state index in [1.165, 1.54) is 0 Å². The van der Waals surface area contributed by atoms with Gasteiger partial charge in [0, 0.05) is 6.54 Å². The van der Waals surface area contributed by atoms with E-state index in [1.54, 1.807) is 0 Å². The highest BCUT2D eigenvalue weighted by Gasteiger charge is 2.01. The number of benzene rings is 1. The van der Waals surface area contributed by atoms with Crippen molar-refractivity contribution >= 4 is 5.69 Å². The summed E-state index contributed by atoms with van der Waals surface area (Å²) in [6.45, 7) is 6.89. The first-order valence-electron chi connectivity index (χ1n) is 5.58. The minimum absolute atomic E-state index is 0.864. The second kappa shape index (κ2) is 6.72. The Labute approximate surface area is 97.6 Å². The summed E-state index contributed by atoms with van der Waals surface area (Å²) in [5.41, 5.74) is 1.03. The van der Waals surface area contributed by atoms with Gasteiger partial charge in [-0.1, -0.05) is 24.3 Å². The lowest BCUT2D eigenvalue weighted by Gasteiger charge is -2.11. The molecule has 1 aromatic carbocycles. The van der Waals surface area contributed by atoms with Crippen molar-refractivity contribution in [3.8, 4) is 5.75 Å². The number of anilines is 1. The Morgan fingerprint density at radius 2 is 2.12 bits per heavy atom. The zero-order valence-corrected chi connectivity index (χ0v) is 10.2. The van der Waals surface area contributed by atoms with Crippen molar-refractivity contribution in [2.24, 2.45) is 0 Å². The van der Waals surface area contributed by atoms with Crippen LogP contribution in [0.15, 0.2) is 48.3 Å². The maximum atomic E-state index is 5.75. The molecule has 0 amide bonds. The SMILES string of the molecule is CC=CC=C(C)Oc1ccccc1NCC. The second-order valence-corrected chi connectivity index (χ2v) is 3.43. The van der Waals surface area contributed by atoms with Crippen LogP contribution >= 0.6 is 0 Å². The summed E-state index contributed by atoms with van der Waals surface area (Å²) in [7, 11) is 0. The van der Waals surface area contributed by atoms with Gasteiger partial charge in [-0.2, -0.15) is 0 Å². The zero-order valence-electron chi connectivity index (χ0n) is 10.2. The summed E-state index contributed by atoms with van der Waals surface area (Å²) in [5, 5.41) is 3.27. The van der Waals surface area contributed by atoms with Crippen LogP contribution in [-0.4, -0.2) is 6.54 Å². The summed E-state index contributed by atoms with van der Waals surface area (Å²) >= 11 is 0. The molecule has 0 atom stereocenters. The average Bonchev–Trinajstić information content (AvgIpc) is 2.29. The first kappa shape index (κ1) is 12.4. The van der Waals surface area contributed by atoms with Crippen molar-refractivity contribution < 1.29 is 4.74 Å². The van der Waals surface area contributed by atoms with E-state index in [4.69, 9.17) is 4.74 Å². The van der Waals surface area contributed by atoms with E-state index in [0.29, 0.717) is 0 Å². The molecular weight excluding hydrogens is 198 g/mol. The lowest BCUT2D eigenvalue weighted by atomic mass is 10.3. The Kier molecular flexibility index (Phi) is 5.20. The van der Waals surface area contributed by atoms with Crippen LogP contribution in [0.4, 0.5) is 5.69 Å². The first-order valence-corrected chi connectivity index (χ1v) is 5.58. The number of para-hydroxylation sites is 2. The predicted octanol–water partition coefficient (Wildman–Crippen LogP) is 3.98. The molecule has 2 nitrogen and oxygen atoms in total. The Morgan fingerprint density at radius 1 is 1.38 bits per heavy atom. The molecule has 0 aromatic heterocycles. The van der Waals surface area contributed by atoms with Crippen LogP contribution in [0, 0.1) is 0 Å². The van der Waals surface area contributed by atoms with E-state index in [0.717, 1.165) is 23.7 Å². The van der Waals surface area contributed by atoms with E-state index in [2.05, 4.69) is 12.2 Å². The fourth-order valence-electron chi connectivity index (χ4n) is 1.33. The fraction of sp³-hybridized carbons (Fsp3) is 0.286. The third-order valence-electron chi connectivity index (χ3n) is 2.05. The zero-order chi connectivity index (χ0) is 11.8. The molecule has 1 N–H and O–H groups in total. The number of ether oxygens (including phenoxy) is 1. The molecule has 86 valence electrons. The molecule has 1 aromatic rings. The van der Waals surface area contributed by atoms with Gasteiger partial charge in [0.25, 0.3) is 0 Å². The predicted molar refractivity (Wildman–Crippen MR) is 69.8 cm³/mol. The topological polar surface area (TPSA) is 21.3 Å². The van der Waals surface area contributed by atoms with Gasteiger partial charge in [-0.3, -0.25) is 0 Å². The van der Waals surface area contributed by atoms with Crippen molar-refractivity contribution in [2.45, 2.75) is 20.8 Å². The molecule has 2 heteroatoms. The summed E-state index contributed by atoms with van der Waals surface area (Å²) in [5.74, 6) is 1.74. The number of nitrogens with one attached hydrogen (secondary N) is 1. The molecule has 1 rings (SSSR count). The van der Waals surface area contributed by atoms with E-state index >= 15 is 0 Å². The molecule has 0 heterocycles. The van der Waals surface area contributed by atoms with Crippen molar-refractivity contribution in [1.29, 1.82) is 0 Å². The van der Waals surface area contributed by atoms with Crippen LogP contribution in [-0.2, 0) is 0 Å². The monoisotopic (exact) mass is 217 g/mol. The van der Waals surface area contributed by atoms with Gasteiger partial charge in [-0.25, -0.2) is 0 Å². The normalized spacial score (nSPS) is 11.8. The molecule has 0 spiro atoms. The summed E-state index contributed by atoms with van der Waals surface area (Å²) < 4.78 is 5.75. The van der Waals surface area contributed by atoms with Crippen molar-refractivity contribution in [3.05, 3.63) is 48.3 Å². The van der Waals surface area contributed by atoms with Crippen LogP contribution in [0.25, 0.3) is 0 Å². The molecule has 0 aliphatic carbocycles. The van der Waals surface area contributed by atoms with Gasteiger partial charge in [-0.15, -0.1) is 0 Å². The standard InChI is InChI=1S/C14H19NO/c1-4-6-9-12(3)16-14-11-8-7-10-13(14)15-5-2/h4,6-11,15H,5H2,1-3H3.